The average Bonchev–Trinajstić information content (AvgIpc) is 3.49. The number of amidine groups is 1. The van der Waals surface area contributed by atoms with Crippen LogP contribution in [0.1, 0.15) is 61.3 Å². The summed E-state index contributed by atoms with van der Waals surface area (Å²) in [5, 5.41) is 2.71. The van der Waals surface area contributed by atoms with Crippen LogP contribution in [0.2, 0.25) is 0 Å². The number of aliphatic imine (C=N–C) groups is 1. The van der Waals surface area contributed by atoms with Gasteiger partial charge in [0.2, 0.25) is 6.41 Å². The number of hydrogen-bond acceptors (Lipinski definition) is 5. The predicted molar refractivity (Wildman–Crippen MR) is 147 cm³/mol. The van der Waals surface area contributed by atoms with Crippen molar-refractivity contribution >= 4 is 17.9 Å². The minimum absolute atomic E-state index is 0.0863. The summed E-state index contributed by atoms with van der Waals surface area (Å²) < 4.78 is 2.28. The van der Waals surface area contributed by atoms with Gasteiger partial charge in [-0.25, -0.2) is 9.98 Å². The molecule has 2 aromatic rings. The summed E-state index contributed by atoms with van der Waals surface area (Å²) in [4.78, 5) is 22.1. The molecule has 1 amide bonds. The lowest BCUT2D eigenvalue weighted by Gasteiger charge is -2.22. The quantitative estimate of drug-likeness (QED) is 0.428. The Hall–Kier alpha value is -3.61. The minimum atomic E-state index is 0.0863. The predicted octanol–water partition coefficient (Wildman–Crippen LogP) is 4.38. The van der Waals surface area contributed by atoms with Gasteiger partial charge < -0.3 is 20.5 Å². The summed E-state index contributed by atoms with van der Waals surface area (Å²) >= 11 is 0. The van der Waals surface area contributed by atoms with Crippen LogP contribution in [0.25, 0.3) is 0 Å². The number of hydrogen-bond donors (Lipinski definition) is 2. The minimum Gasteiger partial charge on any atom is -0.382 e. The molecule has 7 nitrogen and oxygen atoms in total. The summed E-state index contributed by atoms with van der Waals surface area (Å²) in [5.41, 5.74) is 11.8. The van der Waals surface area contributed by atoms with Gasteiger partial charge in [-0.2, -0.15) is 0 Å². The standard InChI is InChI=1S/C18H23N5O.C11H15N/c1-2-15-22-16-17(23(15)11-7-6-10-20-12-24)13-8-4-3-5-9-14(13)21-18(16)19;1-10-4-6-11(7-5-10)12-8-2-3-9-12/h3-5,8-9,12-13H,2,6-7,10-11H2,1H3,(H2,19,21)(H,20,24);4-7H,2-3,8-9H2,1H3. The zero-order valence-electron chi connectivity index (χ0n) is 21.5. The number of imidazole rings is 1. The lowest BCUT2D eigenvalue weighted by Crippen LogP contribution is -2.24. The van der Waals surface area contributed by atoms with Gasteiger partial charge in [0.15, 0.2) is 5.84 Å². The molecule has 0 radical (unpaired) electrons. The van der Waals surface area contributed by atoms with Crippen LogP contribution in [0.3, 0.4) is 0 Å². The number of benzene rings is 1. The molecule has 5 rings (SSSR count). The summed E-state index contributed by atoms with van der Waals surface area (Å²) in [5.74, 6) is 1.61. The molecule has 3 N–H and O–H groups in total. The molecule has 1 atom stereocenters. The van der Waals surface area contributed by atoms with Gasteiger partial charge in [0.1, 0.15) is 11.5 Å². The Morgan fingerprint density at radius 3 is 2.61 bits per heavy atom. The summed E-state index contributed by atoms with van der Waals surface area (Å²) in [6.07, 6.45) is 16.4. The van der Waals surface area contributed by atoms with Crippen LogP contribution in [0, 0.1) is 6.92 Å². The lowest BCUT2D eigenvalue weighted by molar-refractivity contribution is -0.109. The van der Waals surface area contributed by atoms with Gasteiger partial charge in [-0.05, 0) is 50.8 Å². The van der Waals surface area contributed by atoms with E-state index in [4.69, 9.17) is 10.7 Å². The first-order valence-electron chi connectivity index (χ1n) is 13.1. The maximum Gasteiger partial charge on any atom is 0.207 e. The second-order valence-electron chi connectivity index (χ2n) is 9.41. The molecule has 3 heterocycles. The van der Waals surface area contributed by atoms with Crippen molar-refractivity contribution in [3.63, 3.8) is 0 Å². The van der Waals surface area contributed by atoms with Crippen molar-refractivity contribution in [1.82, 2.24) is 14.9 Å². The van der Waals surface area contributed by atoms with Gasteiger partial charge in [0.25, 0.3) is 0 Å². The molecule has 1 aliphatic carbocycles. The number of allylic oxidation sites excluding steroid dienone is 5. The highest BCUT2D eigenvalue weighted by molar-refractivity contribution is 5.99. The van der Waals surface area contributed by atoms with E-state index in [0.717, 1.165) is 55.1 Å². The smallest absolute Gasteiger partial charge is 0.207 e. The number of amides is 1. The molecule has 1 unspecified atom stereocenters. The average molecular weight is 487 g/mol. The summed E-state index contributed by atoms with van der Waals surface area (Å²) in [6, 6.07) is 8.82. The van der Waals surface area contributed by atoms with E-state index in [1.54, 1.807) is 0 Å². The van der Waals surface area contributed by atoms with Crippen molar-refractivity contribution in [2.75, 3.05) is 24.5 Å². The molecular formula is C29H38N6O. The summed E-state index contributed by atoms with van der Waals surface area (Å²) in [6.45, 7) is 8.28. The van der Waals surface area contributed by atoms with Crippen molar-refractivity contribution in [2.45, 2.75) is 58.4 Å². The van der Waals surface area contributed by atoms with Crippen LogP contribution in [0.15, 0.2) is 65.3 Å². The zero-order valence-corrected chi connectivity index (χ0v) is 21.5. The van der Waals surface area contributed by atoms with Gasteiger partial charge in [-0.3, -0.25) is 4.79 Å². The molecule has 1 aromatic carbocycles. The van der Waals surface area contributed by atoms with Gasteiger partial charge in [-0.15, -0.1) is 0 Å². The van der Waals surface area contributed by atoms with Gasteiger partial charge >= 0.3 is 0 Å². The Labute approximate surface area is 214 Å². The van der Waals surface area contributed by atoms with Crippen LogP contribution in [0.4, 0.5) is 5.69 Å². The molecule has 0 bridgehead atoms. The first-order chi connectivity index (χ1) is 17.6. The number of aryl methyl sites for hydroxylation is 2. The van der Waals surface area contributed by atoms with Crippen LogP contribution in [0.5, 0.6) is 0 Å². The third kappa shape index (κ3) is 5.96. The van der Waals surface area contributed by atoms with E-state index in [1.807, 2.05) is 24.3 Å². The normalized spacial score (nSPS) is 17.8. The monoisotopic (exact) mass is 486 g/mol. The van der Waals surface area contributed by atoms with Crippen LogP contribution in [-0.4, -0.2) is 41.4 Å². The van der Waals surface area contributed by atoms with E-state index in [0.29, 0.717) is 12.4 Å². The molecule has 0 spiro atoms. The largest absolute Gasteiger partial charge is 0.382 e. The van der Waals surface area contributed by atoms with E-state index in [1.165, 1.54) is 37.2 Å². The molecule has 7 heteroatoms. The SMILES string of the molecule is CCc1nc2c(n1CCCCNC=O)C1C=CC=CC=C1N=C2N.Cc1ccc(N2CCCC2)cc1. The van der Waals surface area contributed by atoms with Gasteiger partial charge in [-0.1, -0.05) is 48.9 Å². The number of aromatic nitrogens is 2. The summed E-state index contributed by atoms with van der Waals surface area (Å²) in [7, 11) is 0. The third-order valence-electron chi connectivity index (χ3n) is 6.84. The van der Waals surface area contributed by atoms with E-state index in [9.17, 15) is 4.79 Å². The van der Waals surface area contributed by atoms with Crippen LogP contribution in [-0.2, 0) is 17.8 Å². The number of rotatable bonds is 8. The fourth-order valence-electron chi connectivity index (χ4n) is 4.95. The van der Waals surface area contributed by atoms with Crippen molar-refractivity contribution < 1.29 is 4.79 Å². The maximum absolute atomic E-state index is 10.3. The van der Waals surface area contributed by atoms with Gasteiger partial charge in [0, 0.05) is 38.3 Å². The highest BCUT2D eigenvalue weighted by Gasteiger charge is 2.30. The molecule has 36 heavy (non-hydrogen) atoms. The topological polar surface area (TPSA) is 88.5 Å². The van der Waals surface area contributed by atoms with Crippen molar-refractivity contribution in [1.29, 1.82) is 0 Å². The number of nitrogens with one attached hydrogen (secondary N) is 1. The number of carbonyl (C=O) groups is 1. The second kappa shape index (κ2) is 12.4. The molecule has 0 saturated carbocycles. The fourth-order valence-corrected chi connectivity index (χ4v) is 4.95. The Kier molecular flexibility index (Phi) is 8.76. The maximum atomic E-state index is 10.3. The number of fused-ring (bicyclic) bond motifs is 3. The van der Waals surface area contributed by atoms with Crippen molar-refractivity contribution in [3.05, 3.63) is 83.1 Å². The number of unbranched alkanes of at least 4 members (excludes halogenated alkanes) is 1. The third-order valence-corrected chi connectivity index (χ3v) is 6.84. The molecule has 2 aliphatic heterocycles. The molecule has 1 fully saturated rings. The fraction of sp³-hybridized carbons (Fsp3) is 0.414. The zero-order chi connectivity index (χ0) is 25.3. The Balaban J connectivity index is 0.000000211. The number of nitrogens with two attached hydrogens (primary N) is 1. The Morgan fingerprint density at radius 2 is 1.89 bits per heavy atom. The van der Waals surface area contributed by atoms with Gasteiger partial charge in [0.05, 0.1) is 17.3 Å². The number of nitrogens with zero attached hydrogens (tertiary/aromatic N) is 4. The van der Waals surface area contributed by atoms with E-state index < -0.39 is 0 Å². The molecular weight excluding hydrogens is 448 g/mol. The van der Waals surface area contributed by atoms with E-state index >= 15 is 0 Å². The first kappa shape index (κ1) is 25.5. The molecule has 1 saturated heterocycles. The highest BCUT2D eigenvalue weighted by atomic mass is 16.1. The lowest BCUT2D eigenvalue weighted by atomic mass is 9.96. The Morgan fingerprint density at radius 1 is 1.11 bits per heavy atom. The number of anilines is 1. The van der Waals surface area contributed by atoms with Crippen molar-refractivity contribution in [2.24, 2.45) is 10.7 Å². The van der Waals surface area contributed by atoms with E-state index in [-0.39, 0.29) is 5.92 Å². The van der Waals surface area contributed by atoms with Crippen molar-refractivity contribution in [3.8, 4) is 0 Å². The number of carbonyl (C=O) groups excluding carboxylic acids is 1. The molecule has 3 aliphatic rings. The first-order valence-corrected chi connectivity index (χ1v) is 13.1. The molecule has 1 aromatic heterocycles. The Bertz CT molecular complexity index is 1150. The van der Waals surface area contributed by atoms with Crippen LogP contribution >= 0.6 is 0 Å². The second-order valence-corrected chi connectivity index (χ2v) is 9.41. The molecule has 190 valence electrons. The highest BCUT2D eigenvalue weighted by Crippen LogP contribution is 2.35. The van der Waals surface area contributed by atoms with Crippen LogP contribution < -0.4 is 16.0 Å². The van der Waals surface area contributed by atoms with E-state index in [2.05, 4.69) is 64.0 Å².